The summed E-state index contributed by atoms with van der Waals surface area (Å²) in [7, 11) is 1.65. The number of anilines is 1. The Balaban J connectivity index is 1.83. The molecule has 0 aliphatic carbocycles. The fourth-order valence-electron chi connectivity index (χ4n) is 2.42. The number of nitrogens with one attached hydrogen (secondary N) is 1. The fourth-order valence-corrected chi connectivity index (χ4v) is 2.53. The van der Waals surface area contributed by atoms with Crippen molar-refractivity contribution in [3.8, 4) is 0 Å². The van der Waals surface area contributed by atoms with Gasteiger partial charge in [-0.25, -0.2) is 9.78 Å². The van der Waals surface area contributed by atoms with Gasteiger partial charge in [-0.15, -0.1) is 0 Å². The molecule has 2 rings (SSSR count). The van der Waals surface area contributed by atoms with Crippen molar-refractivity contribution < 1.29 is 9.53 Å². The minimum atomic E-state index is -0.0207. The van der Waals surface area contributed by atoms with Gasteiger partial charge in [0.2, 0.25) is 0 Å². The molecule has 1 fully saturated rings. The Kier molecular flexibility index (Phi) is 6.27. The number of halogens is 1. The second-order valence-electron chi connectivity index (χ2n) is 5.32. The van der Waals surface area contributed by atoms with Gasteiger partial charge in [0.15, 0.2) is 0 Å². The van der Waals surface area contributed by atoms with Crippen molar-refractivity contribution in [1.29, 1.82) is 0 Å². The van der Waals surface area contributed by atoms with Crippen LogP contribution < -0.4 is 10.2 Å². The molecule has 0 bridgehead atoms. The average Bonchev–Trinajstić information content (AvgIpc) is 2.55. The molecule has 0 aromatic carbocycles. The summed E-state index contributed by atoms with van der Waals surface area (Å²) >= 11 is 5.85. The first-order chi connectivity index (χ1) is 10.6. The minimum Gasteiger partial charge on any atom is -0.383 e. The first kappa shape index (κ1) is 16.8. The van der Waals surface area contributed by atoms with E-state index in [4.69, 9.17) is 16.3 Å². The maximum atomic E-state index is 12.2. The maximum Gasteiger partial charge on any atom is 0.317 e. The van der Waals surface area contributed by atoms with Crippen molar-refractivity contribution in [3.63, 3.8) is 0 Å². The summed E-state index contributed by atoms with van der Waals surface area (Å²) in [5, 5.41) is 3.64. The van der Waals surface area contributed by atoms with E-state index in [2.05, 4.69) is 15.2 Å². The van der Waals surface area contributed by atoms with Gasteiger partial charge in [-0.3, -0.25) is 0 Å². The number of hydrogen-bond donors (Lipinski definition) is 1. The maximum absolute atomic E-state index is 12.2. The zero-order valence-electron chi connectivity index (χ0n) is 13.1. The van der Waals surface area contributed by atoms with Gasteiger partial charge in [-0.2, -0.15) is 0 Å². The van der Waals surface area contributed by atoms with Crippen LogP contribution in [0.3, 0.4) is 0 Å². The second kappa shape index (κ2) is 8.19. The van der Waals surface area contributed by atoms with E-state index in [0.717, 1.165) is 25.3 Å². The van der Waals surface area contributed by atoms with Gasteiger partial charge in [0, 0.05) is 39.5 Å². The number of hydrogen-bond acceptors (Lipinski definition) is 4. The molecule has 6 nitrogen and oxygen atoms in total. The SMILES string of the molecule is CC[C@H](COC)NC(=O)N1CCN(c2ccc(Cl)cn2)CC1. The summed E-state index contributed by atoms with van der Waals surface area (Å²) in [6.07, 6.45) is 2.50. The van der Waals surface area contributed by atoms with Crippen LogP contribution in [0.1, 0.15) is 13.3 Å². The number of carbonyl (C=O) groups is 1. The molecule has 1 aliphatic heterocycles. The Bertz CT molecular complexity index is 475. The number of amides is 2. The zero-order valence-corrected chi connectivity index (χ0v) is 13.8. The summed E-state index contributed by atoms with van der Waals surface area (Å²) < 4.78 is 5.11. The molecule has 0 radical (unpaired) electrons. The first-order valence-electron chi connectivity index (χ1n) is 7.55. The van der Waals surface area contributed by atoms with Crippen molar-refractivity contribution in [1.82, 2.24) is 15.2 Å². The molecular formula is C15H23ClN4O2. The number of ether oxygens (including phenoxy) is 1. The fraction of sp³-hybridized carbons (Fsp3) is 0.600. The molecule has 0 saturated carbocycles. The highest BCUT2D eigenvalue weighted by Crippen LogP contribution is 2.16. The molecule has 1 atom stereocenters. The third kappa shape index (κ3) is 4.48. The van der Waals surface area contributed by atoms with E-state index in [0.29, 0.717) is 24.7 Å². The second-order valence-corrected chi connectivity index (χ2v) is 5.76. The number of nitrogens with zero attached hydrogens (tertiary/aromatic N) is 3. The van der Waals surface area contributed by atoms with Gasteiger partial charge < -0.3 is 19.9 Å². The van der Waals surface area contributed by atoms with Gasteiger partial charge in [-0.1, -0.05) is 18.5 Å². The van der Waals surface area contributed by atoms with Crippen LogP contribution in [0, 0.1) is 0 Å². The summed E-state index contributed by atoms with van der Waals surface area (Å²) in [6.45, 7) is 5.47. The van der Waals surface area contributed by atoms with Crippen molar-refractivity contribution >= 4 is 23.4 Å². The van der Waals surface area contributed by atoms with Gasteiger partial charge >= 0.3 is 6.03 Å². The molecule has 1 aliphatic rings. The van der Waals surface area contributed by atoms with Crippen LogP contribution in [-0.4, -0.2) is 61.9 Å². The Morgan fingerprint density at radius 2 is 2.14 bits per heavy atom. The molecule has 7 heteroatoms. The lowest BCUT2D eigenvalue weighted by Crippen LogP contribution is -2.54. The molecule has 1 saturated heterocycles. The predicted molar refractivity (Wildman–Crippen MR) is 87.5 cm³/mol. The number of methoxy groups -OCH3 is 1. The van der Waals surface area contributed by atoms with E-state index in [1.807, 2.05) is 24.0 Å². The minimum absolute atomic E-state index is 0.0207. The highest BCUT2D eigenvalue weighted by Gasteiger charge is 2.23. The lowest BCUT2D eigenvalue weighted by atomic mass is 10.2. The van der Waals surface area contributed by atoms with Crippen LogP contribution in [-0.2, 0) is 4.74 Å². The highest BCUT2D eigenvalue weighted by molar-refractivity contribution is 6.30. The van der Waals surface area contributed by atoms with Crippen molar-refractivity contribution in [3.05, 3.63) is 23.4 Å². The first-order valence-corrected chi connectivity index (χ1v) is 7.92. The van der Waals surface area contributed by atoms with E-state index < -0.39 is 0 Å². The molecule has 22 heavy (non-hydrogen) atoms. The molecule has 0 spiro atoms. The molecule has 122 valence electrons. The molecule has 0 unspecified atom stereocenters. The lowest BCUT2D eigenvalue weighted by molar-refractivity contribution is 0.151. The third-order valence-electron chi connectivity index (χ3n) is 3.79. The molecular weight excluding hydrogens is 304 g/mol. The zero-order chi connectivity index (χ0) is 15.9. The van der Waals surface area contributed by atoms with Gasteiger partial charge in [-0.05, 0) is 18.6 Å². The Morgan fingerprint density at radius 3 is 2.68 bits per heavy atom. The van der Waals surface area contributed by atoms with Gasteiger partial charge in [0.1, 0.15) is 5.82 Å². The molecule has 1 N–H and O–H groups in total. The topological polar surface area (TPSA) is 57.7 Å². The number of urea groups is 1. The van der Waals surface area contributed by atoms with E-state index in [9.17, 15) is 4.79 Å². The van der Waals surface area contributed by atoms with Crippen LogP contribution in [0.5, 0.6) is 0 Å². The van der Waals surface area contributed by atoms with Gasteiger partial charge in [0.25, 0.3) is 0 Å². The molecule has 2 amide bonds. The Morgan fingerprint density at radius 1 is 1.41 bits per heavy atom. The standard InChI is InChI=1S/C15H23ClN4O2/c1-3-13(11-22-2)18-15(21)20-8-6-19(7-9-20)14-5-4-12(16)10-17-14/h4-5,10,13H,3,6-9,11H2,1-2H3,(H,18,21)/t13-/m1/s1. The third-order valence-corrected chi connectivity index (χ3v) is 4.01. The number of carbonyl (C=O) groups excluding carboxylic acids is 1. The monoisotopic (exact) mass is 326 g/mol. The number of pyridine rings is 1. The van der Waals surface area contributed by atoms with Gasteiger partial charge in [0.05, 0.1) is 17.7 Å². The van der Waals surface area contributed by atoms with Crippen molar-refractivity contribution in [2.75, 3.05) is 44.8 Å². The molecule has 1 aromatic heterocycles. The van der Waals surface area contributed by atoms with Crippen molar-refractivity contribution in [2.45, 2.75) is 19.4 Å². The largest absolute Gasteiger partial charge is 0.383 e. The highest BCUT2D eigenvalue weighted by atomic mass is 35.5. The number of aromatic nitrogens is 1. The molecule has 2 heterocycles. The van der Waals surface area contributed by atoms with E-state index in [1.54, 1.807) is 13.3 Å². The Hall–Kier alpha value is -1.53. The number of piperazine rings is 1. The summed E-state index contributed by atoms with van der Waals surface area (Å²) in [6, 6.07) is 3.78. The van der Waals surface area contributed by atoms with Crippen LogP contribution in [0.4, 0.5) is 10.6 Å². The summed E-state index contributed by atoms with van der Waals surface area (Å²) in [4.78, 5) is 20.6. The van der Waals surface area contributed by atoms with Crippen LogP contribution in [0.2, 0.25) is 5.02 Å². The van der Waals surface area contributed by atoms with Crippen molar-refractivity contribution in [2.24, 2.45) is 0 Å². The van der Waals surface area contributed by atoms with Crippen LogP contribution >= 0.6 is 11.6 Å². The van der Waals surface area contributed by atoms with Crippen LogP contribution in [0.15, 0.2) is 18.3 Å². The Labute approximate surface area is 136 Å². The summed E-state index contributed by atoms with van der Waals surface area (Å²) in [5.74, 6) is 0.898. The molecule has 1 aromatic rings. The van der Waals surface area contributed by atoms with E-state index >= 15 is 0 Å². The number of rotatable bonds is 5. The predicted octanol–water partition coefficient (Wildman–Crippen LogP) is 1.99. The van der Waals surface area contributed by atoms with E-state index in [-0.39, 0.29) is 12.1 Å². The van der Waals surface area contributed by atoms with E-state index in [1.165, 1.54) is 0 Å². The quantitative estimate of drug-likeness (QED) is 0.899. The smallest absolute Gasteiger partial charge is 0.317 e. The lowest BCUT2D eigenvalue weighted by Gasteiger charge is -2.36. The normalized spacial score (nSPS) is 16.5. The van der Waals surface area contributed by atoms with Crippen LogP contribution in [0.25, 0.3) is 0 Å². The average molecular weight is 327 g/mol. The summed E-state index contributed by atoms with van der Waals surface area (Å²) in [5.41, 5.74) is 0.